The van der Waals surface area contributed by atoms with Gasteiger partial charge in [0, 0.05) is 37.8 Å². The number of pyridine rings is 1. The number of hydrogen-bond donors (Lipinski definition) is 1. The highest BCUT2D eigenvalue weighted by molar-refractivity contribution is 5.92. The van der Waals surface area contributed by atoms with Crippen molar-refractivity contribution >= 4 is 16.6 Å². The van der Waals surface area contributed by atoms with Crippen molar-refractivity contribution in [1.82, 2.24) is 4.98 Å². The molecule has 1 aliphatic rings. The molecule has 4 heteroatoms. The number of methoxy groups -OCH3 is 1. The van der Waals surface area contributed by atoms with Gasteiger partial charge in [-0.1, -0.05) is 24.3 Å². The Morgan fingerprint density at radius 3 is 2.90 bits per heavy atom. The third kappa shape index (κ3) is 2.91. The number of para-hydroxylation sites is 1. The molecule has 0 radical (unpaired) electrons. The zero-order valence-corrected chi connectivity index (χ0v) is 12.4. The van der Waals surface area contributed by atoms with Crippen LogP contribution in [0, 0.1) is 0 Å². The lowest BCUT2D eigenvalue weighted by atomic mass is 10.1. The molecule has 2 aromatic rings. The summed E-state index contributed by atoms with van der Waals surface area (Å²) in [5.41, 5.74) is 10.4. The normalized spacial score (nSPS) is 15.3. The zero-order valence-electron chi connectivity index (χ0n) is 12.4. The molecule has 110 valence electrons. The molecule has 0 fully saturated rings. The zero-order chi connectivity index (χ0) is 14.7. The van der Waals surface area contributed by atoms with E-state index in [2.05, 4.69) is 34.2 Å². The van der Waals surface area contributed by atoms with Crippen LogP contribution in [0.2, 0.25) is 0 Å². The second kappa shape index (κ2) is 6.24. The van der Waals surface area contributed by atoms with E-state index in [-0.39, 0.29) is 0 Å². The SMILES string of the molecule is COCC1=CCN(c2cc(CN)nc3ccccc23)CC1. The first-order valence-electron chi connectivity index (χ1n) is 7.32. The van der Waals surface area contributed by atoms with Gasteiger partial charge in [0.1, 0.15) is 0 Å². The molecule has 4 nitrogen and oxygen atoms in total. The minimum absolute atomic E-state index is 0.469. The molecule has 21 heavy (non-hydrogen) atoms. The van der Waals surface area contributed by atoms with Gasteiger partial charge in [0.25, 0.3) is 0 Å². The quantitative estimate of drug-likeness (QED) is 0.876. The van der Waals surface area contributed by atoms with Crippen LogP contribution in [0.15, 0.2) is 42.0 Å². The molecule has 0 saturated heterocycles. The van der Waals surface area contributed by atoms with Crippen LogP contribution in [0.5, 0.6) is 0 Å². The predicted molar refractivity (Wildman–Crippen MR) is 86.4 cm³/mol. The maximum Gasteiger partial charge on any atom is 0.0726 e. The van der Waals surface area contributed by atoms with Crippen molar-refractivity contribution < 1.29 is 4.74 Å². The van der Waals surface area contributed by atoms with Crippen molar-refractivity contribution in [1.29, 1.82) is 0 Å². The molecular weight excluding hydrogens is 262 g/mol. The fourth-order valence-corrected chi connectivity index (χ4v) is 2.82. The van der Waals surface area contributed by atoms with Gasteiger partial charge in [-0.05, 0) is 24.1 Å². The van der Waals surface area contributed by atoms with Crippen molar-refractivity contribution in [2.24, 2.45) is 5.73 Å². The number of nitrogens with two attached hydrogens (primary N) is 1. The average molecular weight is 283 g/mol. The topological polar surface area (TPSA) is 51.4 Å². The predicted octanol–water partition coefficient (Wildman–Crippen LogP) is 2.48. The first-order chi connectivity index (χ1) is 10.3. The Hall–Kier alpha value is -1.91. The number of benzene rings is 1. The molecule has 2 N–H and O–H groups in total. The molecule has 0 spiro atoms. The molecule has 0 bridgehead atoms. The first kappa shape index (κ1) is 14.0. The number of nitrogens with zero attached hydrogens (tertiary/aromatic N) is 2. The van der Waals surface area contributed by atoms with E-state index in [0.29, 0.717) is 6.54 Å². The van der Waals surface area contributed by atoms with Gasteiger partial charge in [-0.3, -0.25) is 4.98 Å². The standard InChI is InChI=1S/C17H21N3O/c1-21-12-13-6-8-20(9-7-13)17-10-14(11-18)19-16-5-3-2-4-15(16)17/h2-6,10H,7-9,11-12,18H2,1H3. The van der Waals surface area contributed by atoms with Gasteiger partial charge >= 0.3 is 0 Å². The van der Waals surface area contributed by atoms with Gasteiger partial charge in [-0.25, -0.2) is 0 Å². The molecule has 2 heterocycles. The van der Waals surface area contributed by atoms with Crippen molar-refractivity contribution in [3.05, 3.63) is 47.7 Å². The van der Waals surface area contributed by atoms with Gasteiger partial charge in [0.15, 0.2) is 0 Å². The van der Waals surface area contributed by atoms with Crippen molar-refractivity contribution in [3.8, 4) is 0 Å². The van der Waals surface area contributed by atoms with Crippen LogP contribution >= 0.6 is 0 Å². The lowest BCUT2D eigenvalue weighted by molar-refractivity contribution is 0.222. The molecule has 3 rings (SSSR count). The van der Waals surface area contributed by atoms with Gasteiger partial charge in [0.2, 0.25) is 0 Å². The fourth-order valence-electron chi connectivity index (χ4n) is 2.82. The smallest absolute Gasteiger partial charge is 0.0726 e. The molecule has 0 amide bonds. The van der Waals surface area contributed by atoms with Crippen LogP contribution in [0.3, 0.4) is 0 Å². The van der Waals surface area contributed by atoms with Crippen LogP contribution in [-0.4, -0.2) is 31.8 Å². The summed E-state index contributed by atoms with van der Waals surface area (Å²) in [6.07, 6.45) is 3.31. The summed E-state index contributed by atoms with van der Waals surface area (Å²) in [4.78, 5) is 7.00. The monoisotopic (exact) mass is 283 g/mol. The van der Waals surface area contributed by atoms with Crippen LogP contribution < -0.4 is 10.6 Å². The molecule has 0 atom stereocenters. The highest BCUT2D eigenvalue weighted by Crippen LogP contribution is 2.28. The third-order valence-electron chi connectivity index (χ3n) is 3.93. The van der Waals surface area contributed by atoms with E-state index in [1.165, 1.54) is 16.6 Å². The van der Waals surface area contributed by atoms with Crippen LogP contribution in [0.25, 0.3) is 10.9 Å². The number of fused-ring (bicyclic) bond motifs is 1. The summed E-state index contributed by atoms with van der Waals surface area (Å²) in [5, 5.41) is 1.19. The summed E-state index contributed by atoms with van der Waals surface area (Å²) >= 11 is 0. The van der Waals surface area contributed by atoms with E-state index in [0.717, 1.165) is 37.3 Å². The Bertz CT molecular complexity index is 666. The molecule has 0 aliphatic carbocycles. The van der Waals surface area contributed by atoms with E-state index >= 15 is 0 Å². The van der Waals surface area contributed by atoms with Gasteiger partial charge in [-0.15, -0.1) is 0 Å². The van der Waals surface area contributed by atoms with Crippen molar-refractivity contribution in [2.45, 2.75) is 13.0 Å². The Morgan fingerprint density at radius 1 is 1.33 bits per heavy atom. The fraction of sp³-hybridized carbons (Fsp3) is 0.353. The summed E-state index contributed by atoms with van der Waals surface area (Å²) in [7, 11) is 1.75. The summed E-state index contributed by atoms with van der Waals surface area (Å²) in [5.74, 6) is 0. The van der Waals surface area contributed by atoms with E-state index in [1.54, 1.807) is 7.11 Å². The Labute approximate surface area is 125 Å². The third-order valence-corrected chi connectivity index (χ3v) is 3.93. The van der Waals surface area contributed by atoms with E-state index in [4.69, 9.17) is 10.5 Å². The summed E-state index contributed by atoms with van der Waals surface area (Å²) in [6, 6.07) is 10.4. The second-order valence-corrected chi connectivity index (χ2v) is 5.35. The van der Waals surface area contributed by atoms with Gasteiger partial charge in [-0.2, -0.15) is 0 Å². The molecule has 0 saturated carbocycles. The maximum absolute atomic E-state index is 5.79. The summed E-state index contributed by atoms with van der Waals surface area (Å²) in [6.45, 7) is 3.12. The maximum atomic E-state index is 5.79. The number of hydrogen-bond acceptors (Lipinski definition) is 4. The van der Waals surface area contributed by atoms with Crippen LogP contribution in [0.1, 0.15) is 12.1 Å². The molecule has 0 unspecified atom stereocenters. The average Bonchev–Trinajstić information content (AvgIpc) is 2.55. The lowest BCUT2D eigenvalue weighted by Gasteiger charge is -2.29. The Kier molecular flexibility index (Phi) is 4.18. The van der Waals surface area contributed by atoms with Gasteiger partial charge in [0.05, 0.1) is 17.8 Å². The van der Waals surface area contributed by atoms with Crippen molar-refractivity contribution in [3.63, 3.8) is 0 Å². The van der Waals surface area contributed by atoms with Crippen molar-refractivity contribution in [2.75, 3.05) is 31.7 Å². The molecule has 1 aromatic carbocycles. The minimum Gasteiger partial charge on any atom is -0.380 e. The largest absolute Gasteiger partial charge is 0.380 e. The summed E-state index contributed by atoms with van der Waals surface area (Å²) < 4.78 is 5.22. The number of rotatable bonds is 4. The van der Waals surface area contributed by atoms with E-state index < -0.39 is 0 Å². The highest BCUT2D eigenvalue weighted by Gasteiger charge is 2.15. The van der Waals surface area contributed by atoms with Crippen LogP contribution in [0.4, 0.5) is 5.69 Å². The van der Waals surface area contributed by atoms with E-state index in [9.17, 15) is 0 Å². The number of ether oxygens (including phenoxy) is 1. The minimum atomic E-state index is 0.469. The number of aromatic nitrogens is 1. The molecule has 1 aliphatic heterocycles. The number of anilines is 1. The highest BCUT2D eigenvalue weighted by atomic mass is 16.5. The Balaban J connectivity index is 1.97. The Morgan fingerprint density at radius 2 is 2.19 bits per heavy atom. The molecule has 1 aromatic heterocycles. The first-order valence-corrected chi connectivity index (χ1v) is 7.32. The van der Waals surface area contributed by atoms with E-state index in [1.807, 2.05) is 12.1 Å². The molecular formula is C17H21N3O. The van der Waals surface area contributed by atoms with Crippen LogP contribution in [-0.2, 0) is 11.3 Å². The lowest BCUT2D eigenvalue weighted by Crippen LogP contribution is -2.29. The van der Waals surface area contributed by atoms with Gasteiger partial charge < -0.3 is 15.4 Å². The second-order valence-electron chi connectivity index (χ2n) is 5.35.